The van der Waals surface area contributed by atoms with Gasteiger partial charge in [-0.1, -0.05) is 32.0 Å². The lowest BCUT2D eigenvalue weighted by atomic mass is 10.2. The minimum Gasteiger partial charge on any atom is -0.357 e. The van der Waals surface area contributed by atoms with E-state index in [1.165, 1.54) is 0 Å². The van der Waals surface area contributed by atoms with Crippen molar-refractivity contribution in [3.63, 3.8) is 0 Å². The van der Waals surface area contributed by atoms with Crippen LogP contribution in [0.3, 0.4) is 0 Å². The van der Waals surface area contributed by atoms with E-state index in [0.717, 1.165) is 12.2 Å². The molecule has 150 valence electrons. The van der Waals surface area contributed by atoms with Gasteiger partial charge in [0, 0.05) is 37.7 Å². The van der Waals surface area contributed by atoms with Gasteiger partial charge in [-0.05, 0) is 19.1 Å². The van der Waals surface area contributed by atoms with Crippen molar-refractivity contribution in [2.45, 2.75) is 33.2 Å². The number of aliphatic imine (C=N–C) groups is 1. The second kappa shape index (κ2) is 11.8. The molecule has 3 N–H and O–H groups in total. The largest absolute Gasteiger partial charge is 0.357 e. The summed E-state index contributed by atoms with van der Waals surface area (Å²) in [6, 6.07) is 9.69. The first-order valence-electron chi connectivity index (χ1n) is 9.19. The molecule has 0 spiro atoms. The normalized spacial score (nSPS) is 16.9. The van der Waals surface area contributed by atoms with E-state index in [1.54, 1.807) is 4.90 Å². The van der Waals surface area contributed by atoms with Crippen LogP contribution in [0, 0.1) is 5.92 Å². The molecule has 1 aliphatic heterocycles. The molecule has 1 saturated heterocycles. The van der Waals surface area contributed by atoms with E-state index in [-0.39, 0.29) is 47.8 Å². The number of hydrogen-bond donors (Lipinski definition) is 3. The lowest BCUT2D eigenvalue weighted by molar-refractivity contribution is -0.124. The number of para-hydroxylation sites is 1. The monoisotopic (exact) mass is 487 g/mol. The highest BCUT2D eigenvalue weighted by Gasteiger charge is 2.30. The standard InChI is InChI=1S/C19H29N5O2.HI/c1-4-20-19(22-11-10-21-18(26)14(2)3)23-15-12-17(25)24(13-15)16-8-6-5-7-9-16;/h5-9,14-15H,4,10-13H2,1-3H3,(H,21,26)(H2,20,22,23);1H. The Labute approximate surface area is 178 Å². The van der Waals surface area contributed by atoms with Gasteiger partial charge in [0.2, 0.25) is 11.8 Å². The fraction of sp³-hybridized carbons (Fsp3) is 0.526. The van der Waals surface area contributed by atoms with Gasteiger partial charge in [-0.3, -0.25) is 14.6 Å². The molecule has 0 saturated carbocycles. The van der Waals surface area contributed by atoms with E-state index in [2.05, 4.69) is 20.9 Å². The fourth-order valence-electron chi connectivity index (χ4n) is 2.73. The van der Waals surface area contributed by atoms with E-state index >= 15 is 0 Å². The Balaban J connectivity index is 0.00000364. The minimum atomic E-state index is -0.0289. The first kappa shape index (κ1) is 23.2. The first-order valence-corrected chi connectivity index (χ1v) is 9.19. The molecule has 0 aliphatic carbocycles. The van der Waals surface area contributed by atoms with Crippen molar-refractivity contribution in [1.82, 2.24) is 16.0 Å². The molecular formula is C19H30IN5O2. The maximum absolute atomic E-state index is 12.3. The highest BCUT2D eigenvalue weighted by Crippen LogP contribution is 2.20. The Kier molecular flexibility index (Phi) is 10.1. The van der Waals surface area contributed by atoms with Crippen LogP contribution in [0.25, 0.3) is 0 Å². The molecule has 2 rings (SSSR count). The van der Waals surface area contributed by atoms with Crippen LogP contribution in [0.1, 0.15) is 27.2 Å². The third kappa shape index (κ3) is 7.36. The average Bonchev–Trinajstić information content (AvgIpc) is 2.99. The number of amides is 2. The summed E-state index contributed by atoms with van der Waals surface area (Å²) in [4.78, 5) is 30.1. The number of hydrogen-bond acceptors (Lipinski definition) is 3. The number of nitrogens with zero attached hydrogens (tertiary/aromatic N) is 2. The maximum atomic E-state index is 12.3. The molecule has 2 amide bonds. The summed E-state index contributed by atoms with van der Waals surface area (Å²) in [6.45, 7) is 8.03. The van der Waals surface area contributed by atoms with E-state index in [1.807, 2.05) is 51.1 Å². The Bertz CT molecular complexity index is 636. The highest BCUT2D eigenvalue weighted by atomic mass is 127. The van der Waals surface area contributed by atoms with Crippen LogP contribution in [-0.4, -0.2) is 50.0 Å². The molecule has 1 atom stereocenters. The smallest absolute Gasteiger partial charge is 0.229 e. The molecule has 1 unspecified atom stereocenters. The van der Waals surface area contributed by atoms with Crippen LogP contribution >= 0.6 is 24.0 Å². The number of carbonyl (C=O) groups is 2. The van der Waals surface area contributed by atoms with Crippen molar-refractivity contribution in [2.75, 3.05) is 31.1 Å². The molecule has 7 nitrogen and oxygen atoms in total. The van der Waals surface area contributed by atoms with Crippen molar-refractivity contribution in [3.8, 4) is 0 Å². The van der Waals surface area contributed by atoms with Crippen molar-refractivity contribution >= 4 is 47.4 Å². The molecule has 0 aromatic heterocycles. The zero-order valence-corrected chi connectivity index (χ0v) is 18.5. The summed E-state index contributed by atoms with van der Waals surface area (Å²) in [5, 5.41) is 9.35. The zero-order chi connectivity index (χ0) is 18.9. The third-order valence-electron chi connectivity index (χ3n) is 4.08. The van der Waals surface area contributed by atoms with Gasteiger partial charge in [0.05, 0.1) is 12.6 Å². The molecule has 27 heavy (non-hydrogen) atoms. The molecular weight excluding hydrogens is 457 g/mol. The van der Waals surface area contributed by atoms with Crippen LogP contribution in [-0.2, 0) is 9.59 Å². The number of nitrogens with one attached hydrogen (secondary N) is 3. The predicted molar refractivity (Wildman–Crippen MR) is 120 cm³/mol. The van der Waals surface area contributed by atoms with Gasteiger partial charge in [-0.25, -0.2) is 0 Å². The van der Waals surface area contributed by atoms with Crippen LogP contribution in [0.4, 0.5) is 5.69 Å². The number of benzene rings is 1. The molecule has 1 heterocycles. The van der Waals surface area contributed by atoms with Crippen molar-refractivity contribution in [1.29, 1.82) is 0 Å². The Hall–Kier alpha value is -1.84. The van der Waals surface area contributed by atoms with Crippen molar-refractivity contribution in [3.05, 3.63) is 30.3 Å². The Morgan fingerprint density at radius 3 is 2.59 bits per heavy atom. The minimum absolute atomic E-state index is 0. The molecule has 1 aliphatic rings. The topological polar surface area (TPSA) is 85.8 Å². The molecule has 1 aromatic rings. The summed E-state index contributed by atoms with van der Waals surface area (Å²) in [7, 11) is 0. The molecule has 8 heteroatoms. The number of guanidine groups is 1. The van der Waals surface area contributed by atoms with E-state index in [9.17, 15) is 9.59 Å². The quantitative estimate of drug-likeness (QED) is 0.237. The second-order valence-corrected chi connectivity index (χ2v) is 6.59. The average molecular weight is 487 g/mol. The Morgan fingerprint density at radius 1 is 1.26 bits per heavy atom. The summed E-state index contributed by atoms with van der Waals surface area (Å²) in [5.41, 5.74) is 0.917. The Morgan fingerprint density at radius 2 is 1.96 bits per heavy atom. The molecule has 1 aromatic carbocycles. The third-order valence-corrected chi connectivity index (χ3v) is 4.08. The van der Waals surface area contributed by atoms with E-state index in [0.29, 0.717) is 32.0 Å². The van der Waals surface area contributed by atoms with E-state index < -0.39 is 0 Å². The van der Waals surface area contributed by atoms with Crippen LogP contribution in [0.5, 0.6) is 0 Å². The van der Waals surface area contributed by atoms with E-state index in [4.69, 9.17) is 0 Å². The lowest BCUT2D eigenvalue weighted by Gasteiger charge is -2.19. The predicted octanol–water partition coefficient (Wildman–Crippen LogP) is 1.74. The maximum Gasteiger partial charge on any atom is 0.229 e. The van der Waals surface area contributed by atoms with Gasteiger partial charge in [0.25, 0.3) is 0 Å². The van der Waals surface area contributed by atoms with Crippen molar-refractivity contribution in [2.24, 2.45) is 10.9 Å². The van der Waals surface area contributed by atoms with Gasteiger partial charge >= 0.3 is 0 Å². The van der Waals surface area contributed by atoms with Gasteiger partial charge < -0.3 is 20.9 Å². The highest BCUT2D eigenvalue weighted by molar-refractivity contribution is 14.0. The SMILES string of the molecule is CCNC(=NCCNC(=O)C(C)C)NC1CC(=O)N(c2ccccc2)C1.I. The van der Waals surface area contributed by atoms with Crippen molar-refractivity contribution < 1.29 is 9.59 Å². The van der Waals surface area contributed by atoms with Gasteiger partial charge in [-0.15, -0.1) is 24.0 Å². The van der Waals surface area contributed by atoms with Crippen LogP contribution in [0.2, 0.25) is 0 Å². The summed E-state index contributed by atoms with van der Waals surface area (Å²) < 4.78 is 0. The van der Waals surface area contributed by atoms with Gasteiger partial charge in [-0.2, -0.15) is 0 Å². The second-order valence-electron chi connectivity index (χ2n) is 6.59. The number of halogens is 1. The summed E-state index contributed by atoms with van der Waals surface area (Å²) in [6.07, 6.45) is 0.434. The lowest BCUT2D eigenvalue weighted by Crippen LogP contribution is -2.45. The van der Waals surface area contributed by atoms with Crippen LogP contribution < -0.4 is 20.9 Å². The number of rotatable bonds is 7. The molecule has 0 bridgehead atoms. The summed E-state index contributed by atoms with van der Waals surface area (Å²) >= 11 is 0. The summed E-state index contributed by atoms with van der Waals surface area (Å²) in [5.74, 6) is 0.768. The molecule has 1 fully saturated rings. The fourth-order valence-corrected chi connectivity index (χ4v) is 2.73. The van der Waals surface area contributed by atoms with Crippen LogP contribution in [0.15, 0.2) is 35.3 Å². The zero-order valence-electron chi connectivity index (χ0n) is 16.2. The van der Waals surface area contributed by atoms with Gasteiger partial charge in [0.15, 0.2) is 5.96 Å². The first-order chi connectivity index (χ1) is 12.5. The number of carbonyl (C=O) groups excluding carboxylic acids is 2. The molecule has 0 radical (unpaired) electrons. The van der Waals surface area contributed by atoms with Gasteiger partial charge in [0.1, 0.15) is 0 Å². The number of anilines is 1.